The molecule has 0 amide bonds. The standard InChI is InChI=1S/C21H32N4O5/c1-24(9-5-6-10-25-11-13-29-14-12-25)15-18-22-21(23-30-18)16-7-8-17(26-2)20(28-4)19(16)27-3/h7-8H,5-6,9-15H2,1-4H3. The summed E-state index contributed by atoms with van der Waals surface area (Å²) in [6.07, 6.45) is 2.29. The summed E-state index contributed by atoms with van der Waals surface area (Å²) in [6, 6.07) is 3.64. The van der Waals surface area contributed by atoms with Gasteiger partial charge in [0.05, 0.1) is 46.7 Å². The number of nitrogens with zero attached hydrogens (tertiary/aromatic N) is 4. The number of morpholine rings is 1. The van der Waals surface area contributed by atoms with Crippen molar-refractivity contribution in [3.63, 3.8) is 0 Å². The average Bonchev–Trinajstić information content (AvgIpc) is 3.24. The molecular weight excluding hydrogens is 388 g/mol. The van der Waals surface area contributed by atoms with Crippen LogP contribution in [0.3, 0.4) is 0 Å². The largest absolute Gasteiger partial charge is 0.493 e. The molecule has 1 aliphatic heterocycles. The molecule has 166 valence electrons. The van der Waals surface area contributed by atoms with Crippen LogP contribution in [0.25, 0.3) is 11.4 Å². The highest BCUT2D eigenvalue weighted by Gasteiger charge is 2.21. The summed E-state index contributed by atoms with van der Waals surface area (Å²) in [5.41, 5.74) is 0.693. The third-order valence-electron chi connectivity index (χ3n) is 5.19. The molecule has 9 nitrogen and oxygen atoms in total. The average molecular weight is 421 g/mol. The van der Waals surface area contributed by atoms with E-state index in [0.29, 0.717) is 41.1 Å². The molecule has 9 heteroatoms. The van der Waals surface area contributed by atoms with Crippen molar-refractivity contribution in [1.82, 2.24) is 19.9 Å². The zero-order valence-electron chi connectivity index (χ0n) is 18.3. The molecule has 1 aromatic carbocycles. The zero-order valence-corrected chi connectivity index (χ0v) is 18.3. The van der Waals surface area contributed by atoms with Gasteiger partial charge in [0.2, 0.25) is 17.5 Å². The third-order valence-corrected chi connectivity index (χ3v) is 5.19. The van der Waals surface area contributed by atoms with E-state index in [1.807, 2.05) is 6.07 Å². The van der Waals surface area contributed by atoms with Crippen LogP contribution in [0.15, 0.2) is 16.7 Å². The smallest absolute Gasteiger partial charge is 0.241 e. The van der Waals surface area contributed by atoms with Gasteiger partial charge in [-0.3, -0.25) is 9.80 Å². The van der Waals surface area contributed by atoms with Gasteiger partial charge in [0.15, 0.2) is 11.5 Å². The Balaban J connectivity index is 1.54. The van der Waals surface area contributed by atoms with Crippen molar-refractivity contribution in [3.05, 3.63) is 18.0 Å². The number of aromatic nitrogens is 2. The Morgan fingerprint density at radius 3 is 2.50 bits per heavy atom. The number of hydrogen-bond acceptors (Lipinski definition) is 9. The van der Waals surface area contributed by atoms with E-state index < -0.39 is 0 Å². The molecule has 1 aromatic heterocycles. The first kappa shape index (κ1) is 22.3. The molecule has 0 bridgehead atoms. The first-order chi connectivity index (χ1) is 14.7. The monoisotopic (exact) mass is 420 g/mol. The summed E-state index contributed by atoms with van der Waals surface area (Å²) in [5.74, 6) is 2.63. The van der Waals surface area contributed by atoms with Gasteiger partial charge in [-0.1, -0.05) is 5.16 Å². The topological polar surface area (TPSA) is 82.3 Å². The lowest BCUT2D eigenvalue weighted by molar-refractivity contribution is 0.0369. The van der Waals surface area contributed by atoms with E-state index >= 15 is 0 Å². The molecule has 0 saturated carbocycles. The van der Waals surface area contributed by atoms with Gasteiger partial charge >= 0.3 is 0 Å². The molecule has 2 heterocycles. The van der Waals surface area contributed by atoms with Gasteiger partial charge in [-0.05, 0) is 45.1 Å². The lowest BCUT2D eigenvalue weighted by Gasteiger charge is -2.26. The highest BCUT2D eigenvalue weighted by molar-refractivity contribution is 5.71. The zero-order chi connectivity index (χ0) is 21.3. The van der Waals surface area contributed by atoms with E-state index in [1.165, 1.54) is 6.42 Å². The second-order valence-electron chi connectivity index (χ2n) is 7.29. The number of benzene rings is 1. The fraction of sp³-hybridized carbons (Fsp3) is 0.619. The predicted molar refractivity (Wildman–Crippen MR) is 112 cm³/mol. The maximum absolute atomic E-state index is 5.52. The van der Waals surface area contributed by atoms with Gasteiger partial charge in [0.25, 0.3) is 0 Å². The summed E-state index contributed by atoms with van der Waals surface area (Å²) in [7, 11) is 6.79. The van der Waals surface area contributed by atoms with Crippen LogP contribution >= 0.6 is 0 Å². The van der Waals surface area contributed by atoms with E-state index in [1.54, 1.807) is 27.4 Å². The molecule has 0 atom stereocenters. The van der Waals surface area contributed by atoms with E-state index in [-0.39, 0.29) is 0 Å². The SMILES string of the molecule is COc1ccc(-c2noc(CN(C)CCCCN3CCOCC3)n2)c(OC)c1OC. The molecule has 1 aliphatic rings. The van der Waals surface area contributed by atoms with Gasteiger partial charge in [-0.15, -0.1) is 0 Å². The van der Waals surface area contributed by atoms with Crippen molar-refractivity contribution in [2.24, 2.45) is 0 Å². The second-order valence-corrected chi connectivity index (χ2v) is 7.29. The second kappa shape index (κ2) is 11.1. The van der Waals surface area contributed by atoms with Crippen molar-refractivity contribution in [3.8, 4) is 28.6 Å². The fourth-order valence-electron chi connectivity index (χ4n) is 3.56. The van der Waals surface area contributed by atoms with Crippen LogP contribution in [0.4, 0.5) is 0 Å². The van der Waals surface area contributed by atoms with Crippen LogP contribution in [0.1, 0.15) is 18.7 Å². The molecule has 0 spiro atoms. The number of unbranched alkanes of at least 4 members (excludes halogenated alkanes) is 1. The van der Waals surface area contributed by atoms with Crippen molar-refractivity contribution in [2.45, 2.75) is 19.4 Å². The van der Waals surface area contributed by atoms with Gasteiger partial charge in [0, 0.05) is 13.1 Å². The highest BCUT2D eigenvalue weighted by atomic mass is 16.5. The summed E-state index contributed by atoms with van der Waals surface area (Å²) in [4.78, 5) is 9.20. The van der Waals surface area contributed by atoms with E-state index in [2.05, 4.69) is 27.0 Å². The first-order valence-corrected chi connectivity index (χ1v) is 10.3. The van der Waals surface area contributed by atoms with E-state index in [0.717, 1.165) is 45.8 Å². The number of rotatable bonds is 11. The molecule has 30 heavy (non-hydrogen) atoms. The molecule has 1 fully saturated rings. The Bertz CT molecular complexity index is 792. The van der Waals surface area contributed by atoms with E-state index in [9.17, 15) is 0 Å². The van der Waals surface area contributed by atoms with Gasteiger partial charge in [-0.2, -0.15) is 4.98 Å². The van der Waals surface area contributed by atoms with Crippen molar-refractivity contribution < 1.29 is 23.5 Å². The summed E-state index contributed by atoms with van der Waals surface area (Å²) in [5, 5.41) is 4.13. The Morgan fingerprint density at radius 2 is 1.80 bits per heavy atom. The maximum Gasteiger partial charge on any atom is 0.241 e. The molecular formula is C21H32N4O5. The minimum Gasteiger partial charge on any atom is -0.493 e. The van der Waals surface area contributed by atoms with E-state index in [4.69, 9.17) is 23.5 Å². The number of hydrogen-bond donors (Lipinski definition) is 0. The van der Waals surface area contributed by atoms with Gasteiger partial charge in [-0.25, -0.2) is 0 Å². The summed E-state index contributed by atoms with van der Waals surface area (Å²) in [6.45, 7) is 6.48. The first-order valence-electron chi connectivity index (χ1n) is 10.3. The highest BCUT2D eigenvalue weighted by Crippen LogP contribution is 2.43. The molecule has 0 unspecified atom stereocenters. The van der Waals surface area contributed by atoms with Crippen LogP contribution in [0.5, 0.6) is 17.2 Å². The molecule has 2 aromatic rings. The lowest BCUT2D eigenvalue weighted by Crippen LogP contribution is -2.37. The van der Waals surface area contributed by atoms with Gasteiger partial charge < -0.3 is 23.5 Å². The van der Waals surface area contributed by atoms with Crippen molar-refractivity contribution in [2.75, 3.05) is 67.8 Å². The van der Waals surface area contributed by atoms with Crippen LogP contribution in [0.2, 0.25) is 0 Å². The van der Waals surface area contributed by atoms with Gasteiger partial charge in [0.1, 0.15) is 0 Å². The maximum atomic E-state index is 5.52. The van der Waals surface area contributed by atoms with Crippen LogP contribution in [-0.2, 0) is 11.3 Å². The lowest BCUT2D eigenvalue weighted by atomic mass is 10.1. The van der Waals surface area contributed by atoms with Crippen molar-refractivity contribution >= 4 is 0 Å². The molecule has 3 rings (SSSR count). The molecule has 0 aliphatic carbocycles. The van der Waals surface area contributed by atoms with Crippen LogP contribution in [-0.4, -0.2) is 87.7 Å². The Morgan fingerprint density at radius 1 is 1.03 bits per heavy atom. The molecule has 0 N–H and O–H groups in total. The molecule has 1 saturated heterocycles. The Hall–Kier alpha value is -2.36. The minimum absolute atomic E-state index is 0.462. The normalized spacial score (nSPS) is 14.8. The Labute approximate surface area is 177 Å². The third kappa shape index (κ3) is 5.62. The summed E-state index contributed by atoms with van der Waals surface area (Å²) < 4.78 is 27.1. The number of methoxy groups -OCH3 is 3. The quantitative estimate of drug-likeness (QED) is 0.509. The molecule has 0 radical (unpaired) electrons. The Kier molecular flexibility index (Phi) is 8.30. The minimum atomic E-state index is 0.462. The fourth-order valence-corrected chi connectivity index (χ4v) is 3.56. The van der Waals surface area contributed by atoms with Crippen LogP contribution < -0.4 is 14.2 Å². The summed E-state index contributed by atoms with van der Waals surface area (Å²) >= 11 is 0. The predicted octanol–water partition coefficient (Wildman–Crippen LogP) is 2.31. The van der Waals surface area contributed by atoms with Crippen molar-refractivity contribution in [1.29, 1.82) is 0 Å². The van der Waals surface area contributed by atoms with Crippen LogP contribution in [0, 0.1) is 0 Å². The number of ether oxygens (including phenoxy) is 4.